The summed E-state index contributed by atoms with van der Waals surface area (Å²) in [7, 11) is 0. The lowest BCUT2D eigenvalue weighted by atomic mass is 9.99. The third kappa shape index (κ3) is 4.06. The molecule has 0 aromatic heterocycles. The fourth-order valence-electron chi connectivity index (χ4n) is 3.20. The van der Waals surface area contributed by atoms with Crippen LogP contribution in [0.1, 0.15) is 44.1 Å². The number of hydrogen-bond donors (Lipinski definition) is 1. The molecule has 0 saturated heterocycles. The summed E-state index contributed by atoms with van der Waals surface area (Å²) >= 11 is 0. The maximum Gasteiger partial charge on any atom is 0.109 e. The van der Waals surface area contributed by atoms with Crippen molar-refractivity contribution in [3.8, 4) is 6.07 Å². The first-order valence-electron chi connectivity index (χ1n) is 8.14. The van der Waals surface area contributed by atoms with Crippen LogP contribution in [0.3, 0.4) is 0 Å². The van der Waals surface area contributed by atoms with Gasteiger partial charge in [0.15, 0.2) is 0 Å². The van der Waals surface area contributed by atoms with Gasteiger partial charge >= 0.3 is 0 Å². The molecule has 2 atom stereocenters. The summed E-state index contributed by atoms with van der Waals surface area (Å²) in [6.07, 6.45) is 7.63. The number of hydrogen-bond acceptors (Lipinski definition) is 3. The Labute approximate surface area is 127 Å². The van der Waals surface area contributed by atoms with E-state index in [0.29, 0.717) is 6.04 Å². The molecular formula is C18H24N2O. The number of benzene rings is 1. The molecule has 21 heavy (non-hydrogen) atoms. The van der Waals surface area contributed by atoms with E-state index in [-0.39, 0.29) is 11.6 Å². The van der Waals surface area contributed by atoms with Crippen LogP contribution in [0.15, 0.2) is 30.3 Å². The Morgan fingerprint density at radius 3 is 2.76 bits per heavy atom. The highest BCUT2D eigenvalue weighted by atomic mass is 16.5. The van der Waals surface area contributed by atoms with E-state index in [1.807, 2.05) is 6.07 Å². The van der Waals surface area contributed by atoms with Gasteiger partial charge in [-0.1, -0.05) is 30.3 Å². The van der Waals surface area contributed by atoms with Crippen LogP contribution < -0.4 is 5.32 Å². The van der Waals surface area contributed by atoms with E-state index in [4.69, 9.17) is 4.74 Å². The monoisotopic (exact) mass is 284 g/mol. The van der Waals surface area contributed by atoms with Crippen molar-refractivity contribution >= 4 is 0 Å². The molecule has 0 aliphatic heterocycles. The zero-order chi connectivity index (χ0) is 14.5. The van der Waals surface area contributed by atoms with Crippen molar-refractivity contribution < 1.29 is 4.74 Å². The summed E-state index contributed by atoms with van der Waals surface area (Å²) in [5, 5.41) is 13.0. The SMILES string of the molecule is N#CC1(NC2CC2)CCC(OCCCc2ccccc2)C1. The third-order valence-electron chi connectivity index (χ3n) is 4.55. The van der Waals surface area contributed by atoms with Crippen molar-refractivity contribution in [2.24, 2.45) is 0 Å². The number of nitrogens with zero attached hydrogens (tertiary/aromatic N) is 1. The second kappa shape index (κ2) is 6.60. The third-order valence-corrected chi connectivity index (χ3v) is 4.55. The Bertz CT molecular complexity index is 492. The van der Waals surface area contributed by atoms with Crippen molar-refractivity contribution in [3.05, 3.63) is 35.9 Å². The van der Waals surface area contributed by atoms with Crippen LogP contribution in [0, 0.1) is 11.3 Å². The molecule has 2 unspecified atom stereocenters. The Morgan fingerprint density at radius 1 is 1.24 bits per heavy atom. The van der Waals surface area contributed by atoms with Gasteiger partial charge in [-0.25, -0.2) is 0 Å². The second-order valence-corrected chi connectivity index (χ2v) is 6.44. The normalized spacial score (nSPS) is 28.4. The highest BCUT2D eigenvalue weighted by molar-refractivity contribution is 5.15. The molecule has 0 radical (unpaired) electrons. The first-order chi connectivity index (χ1) is 10.3. The zero-order valence-electron chi connectivity index (χ0n) is 12.6. The van der Waals surface area contributed by atoms with Crippen LogP contribution in [0.25, 0.3) is 0 Å². The molecule has 2 saturated carbocycles. The lowest BCUT2D eigenvalue weighted by Gasteiger charge is -2.22. The van der Waals surface area contributed by atoms with Gasteiger partial charge in [-0.2, -0.15) is 5.26 Å². The summed E-state index contributed by atoms with van der Waals surface area (Å²) in [6, 6.07) is 13.6. The van der Waals surface area contributed by atoms with Crippen LogP contribution in [-0.4, -0.2) is 24.3 Å². The van der Waals surface area contributed by atoms with Crippen LogP contribution in [-0.2, 0) is 11.2 Å². The van der Waals surface area contributed by atoms with Gasteiger partial charge in [0.05, 0.1) is 12.2 Å². The number of nitrogens with one attached hydrogen (secondary N) is 1. The van der Waals surface area contributed by atoms with Crippen LogP contribution in [0.4, 0.5) is 0 Å². The van der Waals surface area contributed by atoms with E-state index in [2.05, 4.69) is 35.7 Å². The first-order valence-corrected chi connectivity index (χ1v) is 8.14. The molecule has 3 rings (SSSR count). The fourth-order valence-corrected chi connectivity index (χ4v) is 3.20. The van der Waals surface area contributed by atoms with Gasteiger partial charge in [0.25, 0.3) is 0 Å². The van der Waals surface area contributed by atoms with Gasteiger partial charge in [-0.05, 0) is 44.1 Å². The van der Waals surface area contributed by atoms with Crippen LogP contribution in [0.5, 0.6) is 0 Å². The molecule has 0 amide bonds. The van der Waals surface area contributed by atoms with Gasteiger partial charge in [-0.15, -0.1) is 0 Å². The molecule has 3 nitrogen and oxygen atoms in total. The smallest absolute Gasteiger partial charge is 0.109 e. The largest absolute Gasteiger partial charge is 0.378 e. The van der Waals surface area contributed by atoms with Crippen LogP contribution >= 0.6 is 0 Å². The Kier molecular flexibility index (Phi) is 4.57. The Morgan fingerprint density at radius 2 is 2.05 bits per heavy atom. The summed E-state index contributed by atoms with van der Waals surface area (Å²) in [5.41, 5.74) is 1.06. The maximum atomic E-state index is 9.46. The molecule has 2 aliphatic carbocycles. The molecule has 1 N–H and O–H groups in total. The van der Waals surface area contributed by atoms with E-state index in [1.54, 1.807) is 0 Å². The Balaban J connectivity index is 1.37. The Hall–Kier alpha value is -1.37. The molecular weight excluding hydrogens is 260 g/mol. The number of aryl methyl sites for hydroxylation is 1. The molecule has 0 spiro atoms. The first kappa shape index (κ1) is 14.6. The standard InChI is InChI=1S/C18H24N2O/c19-14-18(20-16-8-9-16)11-10-17(13-18)21-12-4-7-15-5-2-1-3-6-15/h1-3,5-6,16-17,20H,4,7-13H2. The van der Waals surface area contributed by atoms with Crippen LogP contribution in [0.2, 0.25) is 0 Å². The van der Waals surface area contributed by atoms with Gasteiger partial charge in [0.1, 0.15) is 5.54 Å². The zero-order valence-corrected chi connectivity index (χ0v) is 12.6. The minimum atomic E-state index is -0.314. The van der Waals surface area contributed by atoms with E-state index >= 15 is 0 Å². The summed E-state index contributed by atoms with van der Waals surface area (Å²) < 4.78 is 5.99. The van der Waals surface area contributed by atoms with Gasteiger partial charge in [0.2, 0.25) is 0 Å². The van der Waals surface area contributed by atoms with Crippen molar-refractivity contribution in [2.75, 3.05) is 6.61 Å². The topological polar surface area (TPSA) is 45.0 Å². The molecule has 2 fully saturated rings. The van der Waals surface area contributed by atoms with Gasteiger partial charge < -0.3 is 4.74 Å². The number of ether oxygens (including phenoxy) is 1. The van der Waals surface area contributed by atoms with Crippen molar-refractivity contribution in [1.29, 1.82) is 5.26 Å². The lowest BCUT2D eigenvalue weighted by Crippen LogP contribution is -2.43. The van der Waals surface area contributed by atoms with Gasteiger partial charge in [-0.3, -0.25) is 5.32 Å². The molecule has 3 heteroatoms. The molecule has 1 aromatic carbocycles. The second-order valence-electron chi connectivity index (χ2n) is 6.44. The molecule has 0 bridgehead atoms. The average molecular weight is 284 g/mol. The highest BCUT2D eigenvalue weighted by Gasteiger charge is 2.43. The lowest BCUT2D eigenvalue weighted by molar-refractivity contribution is 0.0532. The quantitative estimate of drug-likeness (QED) is 0.782. The summed E-state index contributed by atoms with van der Waals surface area (Å²) in [5.74, 6) is 0. The maximum absolute atomic E-state index is 9.46. The molecule has 1 aromatic rings. The van der Waals surface area contributed by atoms with Gasteiger partial charge in [0, 0.05) is 19.1 Å². The predicted octanol–water partition coefficient (Wildman–Crippen LogP) is 3.20. The highest BCUT2D eigenvalue weighted by Crippen LogP contribution is 2.35. The summed E-state index contributed by atoms with van der Waals surface area (Å²) in [6.45, 7) is 0.796. The average Bonchev–Trinajstić information content (AvgIpc) is 3.24. The van der Waals surface area contributed by atoms with Crippen molar-refractivity contribution in [1.82, 2.24) is 5.32 Å². The summed E-state index contributed by atoms with van der Waals surface area (Å²) in [4.78, 5) is 0. The number of nitriles is 1. The van der Waals surface area contributed by atoms with Crippen molar-refractivity contribution in [3.63, 3.8) is 0 Å². The molecule has 112 valence electrons. The van der Waals surface area contributed by atoms with E-state index in [0.717, 1.165) is 38.7 Å². The fraction of sp³-hybridized carbons (Fsp3) is 0.611. The van der Waals surface area contributed by atoms with E-state index in [9.17, 15) is 5.26 Å². The van der Waals surface area contributed by atoms with Crippen molar-refractivity contribution in [2.45, 2.75) is 62.6 Å². The molecule has 0 heterocycles. The minimum absolute atomic E-state index is 0.256. The van der Waals surface area contributed by atoms with E-state index < -0.39 is 0 Å². The molecule has 2 aliphatic rings. The number of rotatable bonds is 7. The predicted molar refractivity (Wildman–Crippen MR) is 82.9 cm³/mol. The minimum Gasteiger partial charge on any atom is -0.378 e. The van der Waals surface area contributed by atoms with E-state index in [1.165, 1.54) is 18.4 Å².